The van der Waals surface area contributed by atoms with E-state index in [1.54, 1.807) is 12.1 Å². The maximum atomic E-state index is 12.8. The quantitative estimate of drug-likeness (QED) is 0.886. The van der Waals surface area contributed by atoms with Gasteiger partial charge in [-0.3, -0.25) is 4.79 Å². The molecule has 6 nitrogen and oxygen atoms in total. The Morgan fingerprint density at radius 2 is 1.77 bits per heavy atom. The predicted molar refractivity (Wildman–Crippen MR) is 99.3 cm³/mol. The van der Waals surface area contributed by atoms with E-state index in [4.69, 9.17) is 0 Å². The molecule has 1 amide bonds. The van der Waals surface area contributed by atoms with E-state index >= 15 is 0 Å². The van der Waals surface area contributed by atoms with E-state index in [0.29, 0.717) is 11.4 Å². The molecule has 2 aromatic rings. The summed E-state index contributed by atoms with van der Waals surface area (Å²) in [5, 5.41) is 9.51. The van der Waals surface area contributed by atoms with Crippen LogP contribution in [-0.4, -0.2) is 46.5 Å². The molecule has 0 saturated carbocycles. The van der Waals surface area contributed by atoms with Crippen LogP contribution in [0.5, 0.6) is 0 Å². The molecule has 0 radical (unpaired) electrons. The number of para-hydroxylation sites is 1. The molecule has 0 unspecified atom stereocenters. The molecule has 4 rings (SSSR count). The number of hydrogen-bond donors (Lipinski definition) is 2. The number of fused-ring (bicyclic) bond motifs is 1. The second-order valence-electron chi connectivity index (χ2n) is 6.99. The van der Waals surface area contributed by atoms with Gasteiger partial charge in [0.25, 0.3) is 5.91 Å². The van der Waals surface area contributed by atoms with Crippen molar-refractivity contribution in [3.05, 3.63) is 47.2 Å². The first-order valence-electron chi connectivity index (χ1n) is 9.26. The van der Waals surface area contributed by atoms with Gasteiger partial charge in [-0.05, 0) is 55.9 Å². The largest absolute Gasteiger partial charge is 0.478 e. The van der Waals surface area contributed by atoms with Gasteiger partial charge in [-0.1, -0.05) is 12.1 Å². The van der Waals surface area contributed by atoms with Crippen molar-refractivity contribution >= 4 is 23.4 Å². The monoisotopic (exact) mass is 353 g/mol. The molecule has 26 heavy (non-hydrogen) atoms. The van der Waals surface area contributed by atoms with E-state index in [2.05, 4.69) is 4.98 Å². The van der Waals surface area contributed by atoms with Crippen molar-refractivity contribution in [3.63, 3.8) is 0 Å². The van der Waals surface area contributed by atoms with Gasteiger partial charge in [0.15, 0.2) is 0 Å². The zero-order chi connectivity index (χ0) is 18.1. The van der Waals surface area contributed by atoms with Gasteiger partial charge in [-0.15, -0.1) is 0 Å². The van der Waals surface area contributed by atoms with Crippen LogP contribution in [0.25, 0.3) is 0 Å². The Bertz CT molecular complexity index is 837. The van der Waals surface area contributed by atoms with Crippen molar-refractivity contribution in [1.82, 2.24) is 9.88 Å². The van der Waals surface area contributed by atoms with Crippen molar-refractivity contribution in [1.29, 1.82) is 0 Å². The van der Waals surface area contributed by atoms with Crippen LogP contribution in [0.4, 0.5) is 11.5 Å². The van der Waals surface area contributed by atoms with E-state index in [1.165, 1.54) is 6.42 Å². The molecular weight excluding hydrogens is 330 g/mol. The van der Waals surface area contributed by atoms with E-state index in [1.807, 2.05) is 28.0 Å². The zero-order valence-electron chi connectivity index (χ0n) is 14.7. The Balaban J connectivity index is 1.68. The molecule has 1 aromatic carbocycles. The summed E-state index contributed by atoms with van der Waals surface area (Å²) in [6.07, 6.45) is 5.13. The zero-order valence-corrected chi connectivity index (χ0v) is 14.7. The molecular formula is C20H23N3O3. The third kappa shape index (κ3) is 2.96. The topological polar surface area (TPSA) is 76.6 Å². The number of likely N-dealkylation sites (tertiary alicyclic amines) is 1. The lowest BCUT2D eigenvalue weighted by atomic mass is 10.0. The van der Waals surface area contributed by atoms with E-state index in [0.717, 1.165) is 56.7 Å². The number of carbonyl (C=O) groups is 2. The third-order valence-corrected chi connectivity index (χ3v) is 5.27. The van der Waals surface area contributed by atoms with Crippen LogP contribution in [0.1, 0.15) is 52.1 Å². The summed E-state index contributed by atoms with van der Waals surface area (Å²) >= 11 is 0. The second kappa shape index (κ2) is 6.86. The minimum Gasteiger partial charge on any atom is -0.478 e. The molecule has 3 heterocycles. The normalized spacial score (nSPS) is 17.1. The Kier molecular flexibility index (Phi) is 4.41. The molecule has 136 valence electrons. The number of H-pyrrole nitrogens is 1. The number of hydrogen-bond acceptors (Lipinski definition) is 3. The average molecular weight is 353 g/mol. The van der Waals surface area contributed by atoms with Crippen LogP contribution in [0.3, 0.4) is 0 Å². The highest BCUT2D eigenvalue weighted by molar-refractivity contribution is 5.97. The summed E-state index contributed by atoms with van der Waals surface area (Å²) in [7, 11) is 0. The first-order chi connectivity index (χ1) is 12.6. The number of aromatic nitrogens is 1. The molecule has 0 aliphatic carbocycles. The summed E-state index contributed by atoms with van der Waals surface area (Å²) in [5.41, 5.74) is 2.63. The maximum Gasteiger partial charge on any atom is 0.337 e. The van der Waals surface area contributed by atoms with Crippen LogP contribution in [0.2, 0.25) is 0 Å². The minimum absolute atomic E-state index is 0.0468. The molecule has 2 aliphatic heterocycles. The summed E-state index contributed by atoms with van der Waals surface area (Å²) in [6, 6.07) is 8.97. The molecule has 0 atom stereocenters. The van der Waals surface area contributed by atoms with Crippen molar-refractivity contribution in [2.24, 2.45) is 0 Å². The standard InChI is InChI=1S/C20H23N3O3/c24-19(22-10-4-1-5-11-22)16-13-14-7-6-12-23(18(14)21-16)17-9-3-2-8-15(17)20(25)26/h2-3,8-9,13,21H,1,4-7,10-12H2,(H,25,26). The van der Waals surface area contributed by atoms with E-state index in [9.17, 15) is 14.7 Å². The number of aryl methyl sites for hydroxylation is 1. The van der Waals surface area contributed by atoms with Crippen LogP contribution < -0.4 is 4.90 Å². The smallest absolute Gasteiger partial charge is 0.337 e. The maximum absolute atomic E-state index is 12.8. The van der Waals surface area contributed by atoms with Gasteiger partial charge in [0.05, 0.1) is 11.3 Å². The number of carboxylic acids is 1. The van der Waals surface area contributed by atoms with Gasteiger partial charge in [0.1, 0.15) is 11.5 Å². The Morgan fingerprint density at radius 3 is 2.54 bits per heavy atom. The van der Waals surface area contributed by atoms with Crippen LogP contribution in [0, 0.1) is 0 Å². The fourth-order valence-electron chi connectivity index (χ4n) is 3.97. The molecule has 1 saturated heterocycles. The van der Waals surface area contributed by atoms with Crippen molar-refractivity contribution in [2.75, 3.05) is 24.5 Å². The summed E-state index contributed by atoms with van der Waals surface area (Å²) in [4.78, 5) is 31.6. The highest BCUT2D eigenvalue weighted by atomic mass is 16.4. The summed E-state index contributed by atoms with van der Waals surface area (Å²) in [5.74, 6) is -0.0419. The first-order valence-corrected chi connectivity index (χ1v) is 9.26. The average Bonchev–Trinajstić information content (AvgIpc) is 3.12. The lowest BCUT2D eigenvalue weighted by molar-refractivity contribution is 0.0694. The highest BCUT2D eigenvalue weighted by Crippen LogP contribution is 2.35. The molecule has 2 aliphatic rings. The lowest BCUT2D eigenvalue weighted by Crippen LogP contribution is -2.35. The first kappa shape index (κ1) is 16.7. The molecule has 0 bridgehead atoms. The number of nitrogens with zero attached hydrogens (tertiary/aromatic N) is 2. The Morgan fingerprint density at radius 1 is 1.00 bits per heavy atom. The molecule has 2 N–H and O–H groups in total. The molecule has 6 heteroatoms. The number of carboxylic acid groups (broad SMARTS) is 1. The fraction of sp³-hybridized carbons (Fsp3) is 0.400. The fourth-order valence-corrected chi connectivity index (χ4v) is 3.97. The number of nitrogens with one attached hydrogen (secondary N) is 1. The number of carbonyl (C=O) groups excluding carboxylic acids is 1. The highest BCUT2D eigenvalue weighted by Gasteiger charge is 2.27. The summed E-state index contributed by atoms with van der Waals surface area (Å²) in [6.45, 7) is 2.36. The molecule has 1 fully saturated rings. The molecule has 1 aromatic heterocycles. The number of anilines is 2. The van der Waals surface area contributed by atoms with Gasteiger partial charge in [0.2, 0.25) is 0 Å². The van der Waals surface area contributed by atoms with Crippen LogP contribution in [-0.2, 0) is 6.42 Å². The van der Waals surface area contributed by atoms with Crippen molar-refractivity contribution in [2.45, 2.75) is 32.1 Å². The number of piperidine rings is 1. The van der Waals surface area contributed by atoms with E-state index in [-0.39, 0.29) is 11.5 Å². The minimum atomic E-state index is -0.941. The SMILES string of the molecule is O=C(O)c1ccccc1N1CCCc2cc(C(=O)N3CCCCC3)[nH]c21. The van der Waals surface area contributed by atoms with Gasteiger partial charge in [-0.25, -0.2) is 4.79 Å². The summed E-state index contributed by atoms with van der Waals surface area (Å²) < 4.78 is 0. The van der Waals surface area contributed by atoms with Crippen LogP contribution in [0.15, 0.2) is 30.3 Å². The third-order valence-electron chi connectivity index (χ3n) is 5.27. The van der Waals surface area contributed by atoms with Crippen LogP contribution >= 0.6 is 0 Å². The van der Waals surface area contributed by atoms with Gasteiger partial charge >= 0.3 is 5.97 Å². The van der Waals surface area contributed by atoms with Crippen molar-refractivity contribution < 1.29 is 14.7 Å². The number of aromatic amines is 1. The van der Waals surface area contributed by atoms with Crippen molar-refractivity contribution in [3.8, 4) is 0 Å². The number of amides is 1. The second-order valence-corrected chi connectivity index (χ2v) is 6.99. The number of rotatable bonds is 3. The Hall–Kier alpha value is -2.76. The number of aromatic carboxylic acids is 1. The van der Waals surface area contributed by atoms with Gasteiger partial charge in [0, 0.05) is 19.6 Å². The lowest BCUT2D eigenvalue weighted by Gasteiger charge is -2.30. The Labute approximate surface area is 152 Å². The van der Waals surface area contributed by atoms with Gasteiger partial charge in [-0.2, -0.15) is 0 Å². The predicted octanol–water partition coefficient (Wildman–Crippen LogP) is 3.42. The number of benzene rings is 1. The molecule has 0 spiro atoms. The van der Waals surface area contributed by atoms with Gasteiger partial charge < -0.3 is 19.9 Å². The van der Waals surface area contributed by atoms with E-state index < -0.39 is 5.97 Å².